The molecule has 0 saturated carbocycles. The van der Waals surface area contributed by atoms with Crippen LogP contribution in [0.5, 0.6) is 0 Å². The lowest BCUT2D eigenvalue weighted by molar-refractivity contribution is -0.142. The Morgan fingerprint density at radius 2 is 1.58 bits per heavy atom. The maximum absolute atomic E-state index is 14.2. The number of aryl methyl sites for hydroxylation is 1. The van der Waals surface area contributed by atoms with Crippen LogP contribution in [0.1, 0.15) is 58.6 Å². The van der Waals surface area contributed by atoms with Crippen LogP contribution >= 0.6 is 0 Å². The van der Waals surface area contributed by atoms with Gasteiger partial charge in [-0.2, -0.15) is 5.10 Å². The molecule has 2 aromatic rings. The van der Waals surface area contributed by atoms with Crippen LogP contribution in [0.15, 0.2) is 65.8 Å². The van der Waals surface area contributed by atoms with Crippen LogP contribution in [-0.2, 0) is 32.0 Å². The quantitative estimate of drug-likeness (QED) is 0.462. The molecule has 0 aromatic heterocycles. The first-order chi connectivity index (χ1) is 20.2. The van der Waals surface area contributed by atoms with Gasteiger partial charge in [0.25, 0.3) is 5.91 Å². The Hall–Kier alpha value is -4.21. The van der Waals surface area contributed by atoms with Crippen molar-refractivity contribution in [1.82, 2.24) is 20.5 Å². The lowest BCUT2D eigenvalue weighted by Crippen LogP contribution is -2.62. The molecule has 2 aliphatic heterocycles. The van der Waals surface area contributed by atoms with E-state index in [4.69, 9.17) is 4.74 Å². The van der Waals surface area contributed by atoms with Crippen molar-refractivity contribution in [2.45, 2.75) is 77.5 Å². The summed E-state index contributed by atoms with van der Waals surface area (Å²) >= 11 is 0. The van der Waals surface area contributed by atoms with E-state index in [1.807, 2.05) is 60.7 Å². The number of nitrogens with zero attached hydrogens (tertiary/aromatic N) is 3. The molecular weight excluding hydrogens is 546 g/mol. The van der Waals surface area contributed by atoms with Crippen LogP contribution in [0.3, 0.4) is 0 Å². The van der Waals surface area contributed by atoms with E-state index >= 15 is 0 Å². The third-order valence-electron chi connectivity index (χ3n) is 7.82. The van der Waals surface area contributed by atoms with Crippen molar-refractivity contribution in [3.63, 3.8) is 0 Å². The van der Waals surface area contributed by atoms with Crippen molar-refractivity contribution in [3.05, 3.63) is 71.8 Å². The molecule has 230 valence electrons. The molecule has 10 nitrogen and oxygen atoms in total. The highest BCUT2D eigenvalue weighted by atomic mass is 16.6. The van der Waals surface area contributed by atoms with E-state index < -0.39 is 34.6 Å². The fraction of sp³-hybridized carbons (Fsp3) is 0.485. The molecule has 2 aromatic carbocycles. The lowest BCUT2D eigenvalue weighted by Gasteiger charge is -2.41. The maximum atomic E-state index is 14.2. The normalized spacial score (nSPS) is 19.3. The van der Waals surface area contributed by atoms with Gasteiger partial charge in [-0.3, -0.25) is 14.4 Å². The lowest BCUT2D eigenvalue weighted by atomic mass is 9.73. The van der Waals surface area contributed by atoms with Crippen LogP contribution in [0.4, 0.5) is 4.79 Å². The monoisotopic (exact) mass is 589 g/mol. The molecule has 0 aliphatic carbocycles. The van der Waals surface area contributed by atoms with Gasteiger partial charge in [-0.15, -0.1) is 0 Å². The third kappa shape index (κ3) is 7.60. The van der Waals surface area contributed by atoms with Crippen molar-refractivity contribution < 1.29 is 23.9 Å². The summed E-state index contributed by atoms with van der Waals surface area (Å²) in [7, 11) is 1.65. The Morgan fingerprint density at radius 3 is 2.19 bits per heavy atom. The molecule has 2 heterocycles. The summed E-state index contributed by atoms with van der Waals surface area (Å²) in [5, 5.41) is 11.5. The minimum atomic E-state index is -1.35. The summed E-state index contributed by atoms with van der Waals surface area (Å²) in [6.45, 7) is 8.90. The van der Waals surface area contributed by atoms with E-state index in [0.29, 0.717) is 32.2 Å². The van der Waals surface area contributed by atoms with Crippen molar-refractivity contribution in [2.75, 3.05) is 20.1 Å². The molecule has 4 rings (SSSR count). The number of piperidine rings is 1. The third-order valence-corrected chi connectivity index (χ3v) is 7.82. The predicted octanol–water partition coefficient (Wildman–Crippen LogP) is 3.70. The van der Waals surface area contributed by atoms with E-state index in [9.17, 15) is 19.2 Å². The highest BCUT2D eigenvalue weighted by Crippen LogP contribution is 2.38. The number of ether oxygens (including phenoxy) is 1. The SMILES string of the molecule is CN1N=C2CCN(C(=O)[C@@H](CCc3ccccc3)NC(=O)C(C)(C)NC(=O)OC(C)(C)C)C[C@@]2(Cc2ccccc2)C1=O. The van der Waals surface area contributed by atoms with E-state index in [2.05, 4.69) is 15.7 Å². The van der Waals surface area contributed by atoms with Gasteiger partial charge in [0.2, 0.25) is 11.8 Å². The van der Waals surface area contributed by atoms with Crippen molar-refractivity contribution in [3.8, 4) is 0 Å². The Bertz CT molecular complexity index is 1370. The number of fused-ring (bicyclic) bond motifs is 1. The van der Waals surface area contributed by atoms with E-state index in [0.717, 1.165) is 16.8 Å². The Balaban J connectivity index is 1.56. The van der Waals surface area contributed by atoms with Gasteiger partial charge in [0.1, 0.15) is 22.6 Å². The minimum Gasteiger partial charge on any atom is -0.444 e. The van der Waals surface area contributed by atoms with Crippen LogP contribution in [-0.4, -0.2) is 76.8 Å². The number of carbonyl (C=O) groups is 4. The Kier molecular flexibility index (Phi) is 9.27. The van der Waals surface area contributed by atoms with E-state index in [1.165, 1.54) is 5.01 Å². The Morgan fingerprint density at radius 1 is 0.977 bits per heavy atom. The summed E-state index contributed by atoms with van der Waals surface area (Å²) < 4.78 is 5.34. The predicted molar refractivity (Wildman–Crippen MR) is 164 cm³/mol. The zero-order valence-electron chi connectivity index (χ0n) is 26.0. The van der Waals surface area contributed by atoms with Gasteiger partial charge in [0, 0.05) is 26.6 Å². The highest BCUT2D eigenvalue weighted by molar-refractivity contribution is 6.13. The first-order valence-electron chi connectivity index (χ1n) is 14.7. The van der Waals surface area contributed by atoms with Gasteiger partial charge in [0.15, 0.2) is 0 Å². The number of likely N-dealkylation sites (tertiary alicyclic amines) is 1. The smallest absolute Gasteiger partial charge is 0.408 e. The number of alkyl carbamates (subject to hydrolysis) is 1. The first kappa shape index (κ1) is 31.7. The number of nitrogens with one attached hydrogen (secondary N) is 2. The molecule has 0 radical (unpaired) electrons. The molecule has 1 fully saturated rings. The zero-order valence-corrected chi connectivity index (χ0v) is 26.0. The minimum absolute atomic E-state index is 0.142. The molecule has 4 amide bonds. The van der Waals surface area contributed by atoms with Gasteiger partial charge in [-0.25, -0.2) is 9.80 Å². The first-order valence-corrected chi connectivity index (χ1v) is 14.7. The van der Waals surface area contributed by atoms with Crippen LogP contribution in [0.25, 0.3) is 0 Å². The van der Waals surface area contributed by atoms with E-state index in [-0.39, 0.29) is 18.4 Å². The second-order valence-corrected chi connectivity index (χ2v) is 12.9. The average Bonchev–Trinajstić information content (AvgIpc) is 3.18. The second-order valence-electron chi connectivity index (χ2n) is 12.9. The summed E-state index contributed by atoms with van der Waals surface area (Å²) in [6.07, 6.45) is 1.05. The van der Waals surface area contributed by atoms with Gasteiger partial charge in [-0.05, 0) is 65.0 Å². The number of hydrogen-bond acceptors (Lipinski definition) is 6. The number of carbonyl (C=O) groups excluding carboxylic acids is 4. The van der Waals surface area contributed by atoms with Crippen LogP contribution in [0, 0.1) is 5.41 Å². The fourth-order valence-corrected chi connectivity index (χ4v) is 5.60. The maximum Gasteiger partial charge on any atom is 0.408 e. The number of hydrazone groups is 1. The van der Waals surface area contributed by atoms with E-state index in [1.54, 1.807) is 46.6 Å². The number of rotatable bonds is 9. The molecular formula is C33H43N5O5. The largest absolute Gasteiger partial charge is 0.444 e. The number of hydrogen-bond donors (Lipinski definition) is 2. The summed E-state index contributed by atoms with van der Waals surface area (Å²) in [5.41, 5.74) is -0.258. The number of amides is 4. The van der Waals surface area contributed by atoms with Gasteiger partial charge >= 0.3 is 6.09 Å². The molecule has 2 aliphatic rings. The molecule has 2 N–H and O–H groups in total. The molecule has 43 heavy (non-hydrogen) atoms. The highest BCUT2D eigenvalue weighted by Gasteiger charge is 2.54. The Labute approximate surface area is 253 Å². The summed E-state index contributed by atoms with van der Waals surface area (Å²) in [6, 6.07) is 18.6. The van der Waals surface area contributed by atoms with Crippen LogP contribution in [0.2, 0.25) is 0 Å². The second kappa shape index (κ2) is 12.6. The van der Waals surface area contributed by atoms with Crippen LogP contribution < -0.4 is 10.6 Å². The van der Waals surface area contributed by atoms with Gasteiger partial charge < -0.3 is 20.3 Å². The van der Waals surface area contributed by atoms with Crippen molar-refractivity contribution >= 4 is 29.5 Å². The van der Waals surface area contributed by atoms with Gasteiger partial charge in [-0.1, -0.05) is 60.7 Å². The molecule has 2 atom stereocenters. The number of benzene rings is 2. The molecule has 0 bridgehead atoms. The molecule has 10 heteroatoms. The molecule has 0 spiro atoms. The molecule has 0 unspecified atom stereocenters. The van der Waals surface area contributed by atoms with Gasteiger partial charge in [0.05, 0.1) is 5.71 Å². The topological polar surface area (TPSA) is 120 Å². The fourth-order valence-electron chi connectivity index (χ4n) is 5.60. The average molecular weight is 590 g/mol. The molecule has 1 saturated heterocycles. The summed E-state index contributed by atoms with van der Waals surface area (Å²) in [5.74, 6) is -0.928. The summed E-state index contributed by atoms with van der Waals surface area (Å²) in [4.78, 5) is 55.5. The van der Waals surface area contributed by atoms with Crippen molar-refractivity contribution in [2.24, 2.45) is 10.5 Å². The standard InChI is InChI=1S/C33H43N5O5/c1-31(2,3)43-30(42)35-32(4,5)28(40)34-25(18-17-23-13-9-7-10-14-23)27(39)38-20-19-26-33(22-38,29(41)37(6)36-26)21-24-15-11-8-12-16-24/h7-16,25H,17-22H2,1-6H3,(H,34,40)(H,35,42)/t25-,33-/m1/s1. The van der Waals surface area contributed by atoms with Crippen molar-refractivity contribution in [1.29, 1.82) is 0 Å². The zero-order chi connectivity index (χ0) is 31.4.